The van der Waals surface area contributed by atoms with Gasteiger partial charge in [-0.1, -0.05) is 23.7 Å². The molecular weight excluding hydrogens is 234 g/mol. The predicted octanol–water partition coefficient (Wildman–Crippen LogP) is 2.96. The third-order valence-corrected chi connectivity index (χ3v) is 3.02. The van der Waals surface area contributed by atoms with E-state index in [0.717, 1.165) is 23.7 Å². The van der Waals surface area contributed by atoms with Crippen LogP contribution in [0.5, 0.6) is 0 Å². The number of benzene rings is 1. The summed E-state index contributed by atoms with van der Waals surface area (Å²) in [6, 6.07) is 8.27. The van der Waals surface area contributed by atoms with Gasteiger partial charge in [-0.3, -0.25) is 0 Å². The topological polar surface area (TPSA) is 40.7 Å². The van der Waals surface area contributed by atoms with Gasteiger partial charge in [0.15, 0.2) is 0 Å². The third-order valence-electron chi connectivity index (χ3n) is 2.77. The lowest BCUT2D eigenvalue weighted by Gasteiger charge is -2.13. The summed E-state index contributed by atoms with van der Waals surface area (Å²) in [5.74, 6) is 0. The van der Waals surface area contributed by atoms with Crippen LogP contribution in [0.2, 0.25) is 5.02 Å². The number of H-pyrrole nitrogens is 1. The van der Waals surface area contributed by atoms with Crippen molar-refractivity contribution in [3.8, 4) is 0 Å². The maximum absolute atomic E-state index is 5.86. The molecule has 4 heteroatoms. The minimum atomic E-state index is 0.329. The van der Waals surface area contributed by atoms with E-state index in [2.05, 4.69) is 34.3 Å². The summed E-state index contributed by atoms with van der Waals surface area (Å²) < 4.78 is 0. The smallest absolute Gasteiger partial charge is 0.0921 e. The van der Waals surface area contributed by atoms with Gasteiger partial charge >= 0.3 is 0 Å². The highest BCUT2D eigenvalue weighted by Crippen LogP contribution is 2.15. The van der Waals surface area contributed by atoms with E-state index < -0.39 is 0 Å². The molecule has 1 heterocycles. The zero-order valence-electron chi connectivity index (χ0n) is 9.78. The first-order valence-corrected chi connectivity index (χ1v) is 6.09. The van der Waals surface area contributed by atoms with Gasteiger partial charge in [0.2, 0.25) is 0 Å². The van der Waals surface area contributed by atoms with Gasteiger partial charge in [-0.05, 0) is 24.6 Å². The van der Waals surface area contributed by atoms with E-state index >= 15 is 0 Å². The van der Waals surface area contributed by atoms with Crippen LogP contribution < -0.4 is 5.32 Å². The van der Waals surface area contributed by atoms with Crippen LogP contribution in [-0.2, 0) is 6.42 Å². The maximum Gasteiger partial charge on any atom is 0.0921 e. The van der Waals surface area contributed by atoms with Gasteiger partial charge in [0.05, 0.1) is 6.33 Å². The van der Waals surface area contributed by atoms with E-state index in [-0.39, 0.29) is 0 Å². The van der Waals surface area contributed by atoms with Crippen molar-refractivity contribution in [2.24, 2.45) is 0 Å². The van der Waals surface area contributed by atoms with Crippen molar-refractivity contribution in [1.29, 1.82) is 0 Å². The summed E-state index contributed by atoms with van der Waals surface area (Å²) in [6.07, 6.45) is 4.52. The summed E-state index contributed by atoms with van der Waals surface area (Å²) in [5.41, 5.74) is 2.40. The van der Waals surface area contributed by atoms with Gasteiger partial charge in [0, 0.05) is 35.9 Å². The Morgan fingerprint density at radius 2 is 2.12 bits per heavy atom. The number of hydrogen-bond acceptors (Lipinski definition) is 2. The monoisotopic (exact) mass is 249 g/mol. The maximum atomic E-state index is 5.86. The number of halogens is 1. The largest absolute Gasteiger partial charge is 0.348 e. The van der Waals surface area contributed by atoms with Gasteiger partial charge in [-0.25, -0.2) is 4.98 Å². The molecule has 0 spiro atoms. The van der Waals surface area contributed by atoms with Gasteiger partial charge in [0.25, 0.3) is 0 Å². The average molecular weight is 250 g/mol. The summed E-state index contributed by atoms with van der Waals surface area (Å²) >= 11 is 5.86. The van der Waals surface area contributed by atoms with Crippen LogP contribution in [0.4, 0.5) is 0 Å². The molecule has 0 fully saturated rings. The van der Waals surface area contributed by atoms with Crippen molar-refractivity contribution in [3.63, 3.8) is 0 Å². The minimum absolute atomic E-state index is 0.329. The molecule has 2 aromatic rings. The van der Waals surface area contributed by atoms with E-state index in [1.165, 1.54) is 5.56 Å². The van der Waals surface area contributed by atoms with E-state index in [1.54, 1.807) is 6.33 Å². The lowest BCUT2D eigenvalue weighted by Crippen LogP contribution is -2.21. The molecule has 1 atom stereocenters. The zero-order chi connectivity index (χ0) is 12.1. The molecule has 0 saturated heterocycles. The summed E-state index contributed by atoms with van der Waals surface area (Å²) in [6.45, 7) is 3.07. The predicted molar refractivity (Wildman–Crippen MR) is 70.2 cm³/mol. The Hall–Kier alpha value is -1.32. The van der Waals surface area contributed by atoms with E-state index in [1.807, 2.05) is 18.3 Å². The molecule has 0 aliphatic heterocycles. The minimum Gasteiger partial charge on any atom is -0.348 e. The fourth-order valence-corrected chi connectivity index (χ4v) is 1.84. The van der Waals surface area contributed by atoms with Crippen LogP contribution in [0, 0.1) is 0 Å². The first kappa shape index (κ1) is 12.1. The average Bonchev–Trinajstić information content (AvgIpc) is 2.83. The fraction of sp³-hybridized carbons (Fsp3) is 0.308. The molecule has 0 amide bonds. The van der Waals surface area contributed by atoms with Gasteiger partial charge in [-0.15, -0.1) is 0 Å². The molecule has 90 valence electrons. The van der Waals surface area contributed by atoms with Crippen molar-refractivity contribution in [1.82, 2.24) is 15.3 Å². The highest BCUT2D eigenvalue weighted by atomic mass is 35.5. The molecule has 0 aliphatic rings. The molecular formula is C13H16ClN3. The molecule has 3 nitrogen and oxygen atoms in total. The van der Waals surface area contributed by atoms with Crippen LogP contribution in [0.15, 0.2) is 36.8 Å². The molecule has 1 aromatic carbocycles. The number of hydrogen-bond donors (Lipinski definition) is 2. The van der Waals surface area contributed by atoms with E-state index in [4.69, 9.17) is 11.6 Å². The molecule has 2 N–H and O–H groups in total. The number of aromatic amines is 1. The fourth-order valence-electron chi connectivity index (χ4n) is 1.71. The summed E-state index contributed by atoms with van der Waals surface area (Å²) in [5, 5.41) is 4.24. The molecule has 0 aliphatic carbocycles. The Bertz CT molecular complexity index is 436. The number of imidazole rings is 1. The van der Waals surface area contributed by atoms with Crippen LogP contribution in [-0.4, -0.2) is 16.5 Å². The van der Waals surface area contributed by atoms with Crippen molar-refractivity contribution >= 4 is 11.6 Å². The van der Waals surface area contributed by atoms with Crippen molar-refractivity contribution in [3.05, 3.63) is 53.1 Å². The van der Waals surface area contributed by atoms with Crippen LogP contribution >= 0.6 is 11.6 Å². The van der Waals surface area contributed by atoms with E-state index in [0.29, 0.717) is 6.04 Å². The number of aromatic nitrogens is 2. The van der Waals surface area contributed by atoms with E-state index in [9.17, 15) is 0 Å². The van der Waals surface area contributed by atoms with Crippen molar-refractivity contribution < 1.29 is 0 Å². The Kier molecular flexibility index (Phi) is 4.18. The van der Waals surface area contributed by atoms with Gasteiger partial charge in [0.1, 0.15) is 0 Å². The highest BCUT2D eigenvalue weighted by molar-refractivity contribution is 6.30. The van der Waals surface area contributed by atoms with Crippen LogP contribution in [0.3, 0.4) is 0 Å². The Morgan fingerprint density at radius 1 is 1.35 bits per heavy atom. The normalized spacial score (nSPS) is 12.6. The lowest BCUT2D eigenvalue weighted by molar-refractivity contribution is 0.574. The second kappa shape index (κ2) is 5.84. The molecule has 0 saturated carbocycles. The molecule has 1 unspecified atom stereocenters. The first-order chi connectivity index (χ1) is 8.25. The van der Waals surface area contributed by atoms with Gasteiger partial charge < -0.3 is 10.3 Å². The zero-order valence-corrected chi connectivity index (χ0v) is 10.5. The number of nitrogens with zero attached hydrogens (tertiary/aromatic N) is 1. The molecule has 17 heavy (non-hydrogen) atoms. The van der Waals surface area contributed by atoms with Crippen molar-refractivity contribution in [2.45, 2.75) is 19.4 Å². The Labute approximate surface area is 106 Å². The second-order valence-corrected chi connectivity index (χ2v) is 4.49. The van der Waals surface area contributed by atoms with Crippen LogP contribution in [0.25, 0.3) is 0 Å². The summed E-state index contributed by atoms with van der Waals surface area (Å²) in [4.78, 5) is 7.08. The molecule has 0 radical (unpaired) electrons. The number of nitrogens with one attached hydrogen (secondary N) is 2. The Balaban J connectivity index is 1.81. The quantitative estimate of drug-likeness (QED) is 0.855. The first-order valence-electron chi connectivity index (χ1n) is 5.72. The SMILES string of the molecule is CC(NCCc1cnc[nH]1)c1ccc(Cl)cc1. The third kappa shape index (κ3) is 3.58. The standard InChI is InChI=1S/C13H16ClN3/c1-10(11-2-4-12(14)5-3-11)16-7-6-13-8-15-9-17-13/h2-5,8-10,16H,6-7H2,1H3,(H,15,17). The molecule has 2 rings (SSSR count). The molecule has 1 aromatic heterocycles. The highest BCUT2D eigenvalue weighted by Gasteiger charge is 2.04. The van der Waals surface area contributed by atoms with Crippen LogP contribution in [0.1, 0.15) is 24.2 Å². The number of rotatable bonds is 5. The second-order valence-electron chi connectivity index (χ2n) is 4.05. The Morgan fingerprint density at radius 3 is 2.76 bits per heavy atom. The lowest BCUT2D eigenvalue weighted by atomic mass is 10.1. The summed E-state index contributed by atoms with van der Waals surface area (Å²) in [7, 11) is 0. The van der Waals surface area contributed by atoms with Crippen molar-refractivity contribution in [2.75, 3.05) is 6.54 Å². The van der Waals surface area contributed by atoms with Gasteiger partial charge in [-0.2, -0.15) is 0 Å². The molecule has 0 bridgehead atoms.